The fraction of sp³-hybridized carbons (Fsp3) is 0.235. The first-order chi connectivity index (χ1) is 10.0. The van der Waals surface area contributed by atoms with E-state index in [1.165, 1.54) is 11.6 Å². The van der Waals surface area contributed by atoms with E-state index in [9.17, 15) is 4.39 Å². The molecule has 0 heterocycles. The van der Waals surface area contributed by atoms with Crippen LogP contribution in [0.3, 0.4) is 0 Å². The Bertz CT molecular complexity index is 687. The lowest BCUT2D eigenvalue weighted by Crippen LogP contribution is -2.11. The highest BCUT2D eigenvalue weighted by molar-refractivity contribution is 5.62. The summed E-state index contributed by atoms with van der Waals surface area (Å²) in [4.78, 5) is 2.04. The molecule has 0 aliphatic heterocycles. The molecular formula is C17H18FN3. The Labute approximate surface area is 124 Å². The van der Waals surface area contributed by atoms with Crippen molar-refractivity contribution in [1.82, 2.24) is 0 Å². The van der Waals surface area contributed by atoms with Crippen molar-refractivity contribution in [3.05, 3.63) is 58.9 Å². The number of halogens is 1. The van der Waals surface area contributed by atoms with E-state index in [1.807, 2.05) is 43.3 Å². The average Bonchev–Trinajstić information content (AvgIpc) is 2.47. The molecule has 0 atom stereocenters. The van der Waals surface area contributed by atoms with Gasteiger partial charge in [-0.1, -0.05) is 18.2 Å². The van der Waals surface area contributed by atoms with Gasteiger partial charge in [0.05, 0.1) is 5.56 Å². The molecular weight excluding hydrogens is 265 g/mol. The normalized spacial score (nSPS) is 10.0. The maximum atomic E-state index is 14.0. The molecule has 0 unspecified atom stereocenters. The van der Waals surface area contributed by atoms with Crippen LogP contribution in [0.1, 0.15) is 16.7 Å². The molecule has 108 valence electrons. The largest absolute Gasteiger partial charge is 0.381 e. The lowest BCUT2D eigenvalue weighted by Gasteiger charge is -2.17. The van der Waals surface area contributed by atoms with E-state index in [2.05, 4.69) is 12.2 Å². The minimum Gasteiger partial charge on any atom is -0.381 e. The Morgan fingerprint density at radius 2 is 2.00 bits per heavy atom. The van der Waals surface area contributed by atoms with Gasteiger partial charge in [0.15, 0.2) is 0 Å². The first-order valence-electron chi connectivity index (χ1n) is 6.72. The van der Waals surface area contributed by atoms with Crippen molar-refractivity contribution in [2.45, 2.75) is 13.5 Å². The molecule has 0 radical (unpaired) electrons. The Morgan fingerprint density at radius 1 is 1.24 bits per heavy atom. The maximum absolute atomic E-state index is 14.0. The van der Waals surface area contributed by atoms with E-state index in [4.69, 9.17) is 5.26 Å². The molecule has 2 aromatic rings. The first kappa shape index (κ1) is 14.9. The van der Waals surface area contributed by atoms with Gasteiger partial charge in [0, 0.05) is 37.6 Å². The number of hydrogen-bond acceptors (Lipinski definition) is 3. The van der Waals surface area contributed by atoms with Crippen LogP contribution in [-0.2, 0) is 6.54 Å². The van der Waals surface area contributed by atoms with Gasteiger partial charge in [-0.15, -0.1) is 0 Å². The Morgan fingerprint density at radius 3 is 2.67 bits per heavy atom. The zero-order valence-electron chi connectivity index (χ0n) is 12.4. The Kier molecular flexibility index (Phi) is 4.44. The van der Waals surface area contributed by atoms with Crippen molar-refractivity contribution >= 4 is 11.4 Å². The molecule has 21 heavy (non-hydrogen) atoms. The summed E-state index contributed by atoms with van der Waals surface area (Å²) in [5.74, 6) is -0.451. The summed E-state index contributed by atoms with van der Waals surface area (Å²) in [6.07, 6.45) is 0. The molecule has 0 fully saturated rings. The van der Waals surface area contributed by atoms with Crippen LogP contribution in [0.25, 0.3) is 0 Å². The summed E-state index contributed by atoms with van der Waals surface area (Å²) in [5, 5.41) is 12.0. The van der Waals surface area contributed by atoms with Crippen LogP contribution in [0, 0.1) is 24.1 Å². The Hall–Kier alpha value is -2.54. The molecule has 0 aromatic heterocycles. The fourth-order valence-corrected chi connectivity index (χ4v) is 2.20. The fourth-order valence-electron chi connectivity index (χ4n) is 2.20. The molecule has 1 N–H and O–H groups in total. The molecule has 2 aromatic carbocycles. The van der Waals surface area contributed by atoms with E-state index < -0.39 is 5.82 Å². The van der Waals surface area contributed by atoms with Gasteiger partial charge in [0.2, 0.25) is 0 Å². The zero-order valence-corrected chi connectivity index (χ0v) is 12.4. The third-order valence-electron chi connectivity index (χ3n) is 3.37. The highest BCUT2D eigenvalue weighted by Crippen LogP contribution is 2.23. The molecule has 0 saturated heterocycles. The molecule has 0 saturated carbocycles. The minimum atomic E-state index is -0.451. The summed E-state index contributed by atoms with van der Waals surface area (Å²) in [7, 11) is 3.98. The number of anilines is 2. The lowest BCUT2D eigenvalue weighted by atomic mass is 10.1. The highest BCUT2D eigenvalue weighted by Gasteiger charge is 2.08. The summed E-state index contributed by atoms with van der Waals surface area (Å²) < 4.78 is 14.0. The second kappa shape index (κ2) is 6.27. The highest BCUT2D eigenvalue weighted by atomic mass is 19.1. The van der Waals surface area contributed by atoms with Crippen molar-refractivity contribution in [1.29, 1.82) is 5.26 Å². The third kappa shape index (κ3) is 3.32. The molecule has 4 heteroatoms. The number of aryl methyl sites for hydroxylation is 1. The smallest absolute Gasteiger partial charge is 0.145 e. The molecule has 0 bridgehead atoms. The van der Waals surface area contributed by atoms with Crippen molar-refractivity contribution in [2.24, 2.45) is 0 Å². The van der Waals surface area contributed by atoms with E-state index >= 15 is 0 Å². The zero-order chi connectivity index (χ0) is 15.4. The van der Waals surface area contributed by atoms with Crippen molar-refractivity contribution in [2.75, 3.05) is 24.3 Å². The van der Waals surface area contributed by atoms with Gasteiger partial charge in [-0.05, 0) is 30.7 Å². The van der Waals surface area contributed by atoms with Crippen LogP contribution in [-0.4, -0.2) is 14.1 Å². The summed E-state index contributed by atoms with van der Waals surface area (Å²) in [6, 6.07) is 12.7. The number of rotatable bonds is 4. The molecule has 0 aliphatic carbocycles. The summed E-state index contributed by atoms with van der Waals surface area (Å²) in [5.41, 5.74) is 3.79. The average molecular weight is 283 g/mol. The van der Waals surface area contributed by atoms with Crippen LogP contribution >= 0.6 is 0 Å². The number of benzene rings is 2. The molecule has 3 nitrogen and oxygen atoms in total. The van der Waals surface area contributed by atoms with Crippen molar-refractivity contribution in [3.63, 3.8) is 0 Å². The quantitative estimate of drug-likeness (QED) is 0.930. The second-order valence-corrected chi connectivity index (χ2v) is 5.14. The monoisotopic (exact) mass is 283 g/mol. The topological polar surface area (TPSA) is 39.1 Å². The molecule has 0 amide bonds. The molecule has 2 rings (SSSR count). The second-order valence-electron chi connectivity index (χ2n) is 5.14. The Balaban J connectivity index is 2.18. The van der Waals surface area contributed by atoms with Gasteiger partial charge in [0.25, 0.3) is 0 Å². The van der Waals surface area contributed by atoms with Crippen LogP contribution in [0.5, 0.6) is 0 Å². The van der Waals surface area contributed by atoms with E-state index in [1.54, 1.807) is 12.1 Å². The molecule has 0 aliphatic rings. The number of nitriles is 1. The van der Waals surface area contributed by atoms with Gasteiger partial charge in [-0.25, -0.2) is 4.39 Å². The summed E-state index contributed by atoms with van der Waals surface area (Å²) in [6.45, 7) is 2.40. The van der Waals surface area contributed by atoms with E-state index in [0.29, 0.717) is 12.1 Å². The number of hydrogen-bond donors (Lipinski definition) is 1. The summed E-state index contributed by atoms with van der Waals surface area (Å²) >= 11 is 0. The van der Waals surface area contributed by atoms with E-state index in [0.717, 1.165) is 11.4 Å². The van der Waals surface area contributed by atoms with Crippen molar-refractivity contribution < 1.29 is 4.39 Å². The van der Waals surface area contributed by atoms with Crippen LogP contribution in [0.15, 0.2) is 36.4 Å². The van der Waals surface area contributed by atoms with Crippen LogP contribution in [0.4, 0.5) is 15.8 Å². The number of nitrogens with zero attached hydrogens (tertiary/aromatic N) is 2. The lowest BCUT2D eigenvalue weighted by molar-refractivity contribution is 0.609. The maximum Gasteiger partial charge on any atom is 0.145 e. The molecule has 0 spiro atoms. The van der Waals surface area contributed by atoms with Crippen LogP contribution in [0.2, 0.25) is 0 Å². The van der Waals surface area contributed by atoms with Gasteiger partial charge < -0.3 is 10.2 Å². The van der Waals surface area contributed by atoms with Crippen LogP contribution < -0.4 is 10.2 Å². The van der Waals surface area contributed by atoms with Gasteiger partial charge in [-0.3, -0.25) is 0 Å². The predicted molar refractivity (Wildman–Crippen MR) is 83.9 cm³/mol. The van der Waals surface area contributed by atoms with Crippen molar-refractivity contribution in [3.8, 4) is 6.07 Å². The van der Waals surface area contributed by atoms with E-state index in [-0.39, 0.29) is 5.56 Å². The predicted octanol–water partition coefficient (Wildman–Crippen LogP) is 3.68. The number of nitrogens with one attached hydrogen (secondary N) is 1. The standard InChI is InChI=1S/C17H18FN3/c1-12-7-8-15(9-16(12)21(2)3)20-11-14-6-4-5-13(10-19)17(14)18/h4-9,20H,11H2,1-3H3. The minimum absolute atomic E-state index is 0.0761. The first-order valence-corrected chi connectivity index (χ1v) is 6.72. The van der Waals surface area contributed by atoms with Gasteiger partial charge in [-0.2, -0.15) is 5.26 Å². The third-order valence-corrected chi connectivity index (χ3v) is 3.37. The van der Waals surface area contributed by atoms with Gasteiger partial charge >= 0.3 is 0 Å². The van der Waals surface area contributed by atoms with Gasteiger partial charge in [0.1, 0.15) is 11.9 Å². The SMILES string of the molecule is Cc1ccc(NCc2cccc(C#N)c2F)cc1N(C)C.